The summed E-state index contributed by atoms with van der Waals surface area (Å²) in [6.45, 7) is 0. The van der Waals surface area contributed by atoms with Crippen molar-refractivity contribution < 1.29 is 18.3 Å². The van der Waals surface area contributed by atoms with Crippen molar-refractivity contribution >= 4 is 21.5 Å². The van der Waals surface area contributed by atoms with E-state index in [-0.39, 0.29) is 23.0 Å². The van der Waals surface area contributed by atoms with Gasteiger partial charge in [0.25, 0.3) is 0 Å². The van der Waals surface area contributed by atoms with Crippen LogP contribution >= 0.6 is 0 Å². The van der Waals surface area contributed by atoms with Crippen LogP contribution in [0.4, 0.5) is 0 Å². The summed E-state index contributed by atoms with van der Waals surface area (Å²) in [5.41, 5.74) is 1.68. The molecule has 1 fully saturated rings. The zero-order chi connectivity index (χ0) is 15.0. The fraction of sp³-hybridized carbons (Fsp3) is 0.429. The number of aromatic carboxylic acids is 1. The highest BCUT2D eigenvalue weighted by atomic mass is 32.2. The fourth-order valence-electron chi connectivity index (χ4n) is 2.84. The van der Waals surface area contributed by atoms with Gasteiger partial charge in [-0.1, -0.05) is 0 Å². The topological polar surface area (TPSA) is 88.7 Å². The number of nitrogens with zero attached hydrogens (tertiary/aromatic N) is 2. The van der Waals surface area contributed by atoms with Crippen molar-refractivity contribution in [3.63, 3.8) is 0 Å². The highest BCUT2D eigenvalue weighted by Crippen LogP contribution is 2.22. The van der Waals surface area contributed by atoms with Crippen LogP contribution in [0.5, 0.6) is 0 Å². The summed E-state index contributed by atoms with van der Waals surface area (Å²) in [5, 5.41) is 8.97. The van der Waals surface area contributed by atoms with Crippen molar-refractivity contribution in [2.75, 3.05) is 11.5 Å². The van der Waals surface area contributed by atoms with Crippen LogP contribution in [0.3, 0.4) is 0 Å². The lowest BCUT2D eigenvalue weighted by molar-refractivity contribution is 0.0696. The summed E-state index contributed by atoms with van der Waals surface area (Å²) in [7, 11) is -2.91. The third-order valence-electron chi connectivity index (χ3n) is 3.80. The Hall–Kier alpha value is -1.89. The van der Waals surface area contributed by atoms with Gasteiger partial charge in [0.2, 0.25) is 0 Å². The third kappa shape index (κ3) is 3.07. The molecule has 0 radical (unpaired) electrons. The van der Waals surface area contributed by atoms with E-state index >= 15 is 0 Å². The third-order valence-corrected chi connectivity index (χ3v) is 5.69. The number of hydrogen-bond donors (Lipinski definition) is 1. The molecule has 1 aliphatic rings. The number of fused-ring (bicyclic) bond motifs is 1. The number of rotatable bonds is 3. The van der Waals surface area contributed by atoms with Crippen LogP contribution in [0.25, 0.3) is 5.65 Å². The van der Waals surface area contributed by atoms with Gasteiger partial charge in [0.1, 0.15) is 5.65 Å². The van der Waals surface area contributed by atoms with Gasteiger partial charge in [0.05, 0.1) is 22.8 Å². The number of carbonyl (C=O) groups is 1. The lowest BCUT2D eigenvalue weighted by atomic mass is 10.00. The molecule has 1 aliphatic heterocycles. The molecular weight excluding hydrogens is 292 g/mol. The number of aromatic nitrogens is 2. The zero-order valence-corrected chi connectivity index (χ0v) is 12.2. The van der Waals surface area contributed by atoms with Crippen molar-refractivity contribution in [3.05, 3.63) is 35.8 Å². The van der Waals surface area contributed by atoms with Crippen molar-refractivity contribution in [3.8, 4) is 0 Å². The second kappa shape index (κ2) is 5.14. The summed E-state index contributed by atoms with van der Waals surface area (Å²) in [6.07, 6.45) is 5.52. The molecule has 0 aliphatic carbocycles. The van der Waals surface area contributed by atoms with Gasteiger partial charge in [0.15, 0.2) is 9.84 Å². The van der Waals surface area contributed by atoms with E-state index in [1.54, 1.807) is 16.7 Å². The Morgan fingerprint density at radius 3 is 2.90 bits per heavy atom. The number of carboxylic acid groups (broad SMARTS) is 1. The molecule has 0 aromatic carbocycles. The Labute approximate surface area is 122 Å². The molecule has 21 heavy (non-hydrogen) atoms. The minimum atomic E-state index is -2.91. The van der Waals surface area contributed by atoms with Crippen LogP contribution in [-0.4, -0.2) is 40.4 Å². The number of hydrogen-bond acceptors (Lipinski definition) is 4. The Morgan fingerprint density at radius 1 is 1.38 bits per heavy atom. The molecule has 0 saturated carbocycles. The first kappa shape index (κ1) is 14.1. The molecule has 0 bridgehead atoms. The van der Waals surface area contributed by atoms with Gasteiger partial charge in [-0.2, -0.15) is 0 Å². The average molecular weight is 308 g/mol. The predicted octanol–water partition coefficient (Wildman–Crippen LogP) is 1.40. The number of imidazole rings is 1. The van der Waals surface area contributed by atoms with Crippen LogP contribution < -0.4 is 0 Å². The van der Waals surface area contributed by atoms with Gasteiger partial charge in [-0.15, -0.1) is 0 Å². The van der Waals surface area contributed by atoms with Crippen LogP contribution in [-0.2, 0) is 16.3 Å². The largest absolute Gasteiger partial charge is 0.478 e. The second-order valence-electron chi connectivity index (χ2n) is 5.55. The monoisotopic (exact) mass is 308 g/mol. The minimum Gasteiger partial charge on any atom is -0.478 e. The van der Waals surface area contributed by atoms with Crippen molar-refractivity contribution in [1.29, 1.82) is 0 Å². The van der Waals surface area contributed by atoms with Gasteiger partial charge in [0, 0.05) is 12.4 Å². The summed E-state index contributed by atoms with van der Waals surface area (Å²) in [4.78, 5) is 15.4. The van der Waals surface area contributed by atoms with Gasteiger partial charge < -0.3 is 9.51 Å². The van der Waals surface area contributed by atoms with E-state index in [0.717, 1.165) is 12.1 Å². The quantitative estimate of drug-likeness (QED) is 0.926. The zero-order valence-electron chi connectivity index (χ0n) is 11.4. The Kier molecular flexibility index (Phi) is 3.44. The lowest BCUT2D eigenvalue weighted by Gasteiger charge is -2.20. The molecule has 2 aromatic heterocycles. The lowest BCUT2D eigenvalue weighted by Crippen LogP contribution is -2.26. The second-order valence-corrected chi connectivity index (χ2v) is 7.78. The Morgan fingerprint density at radius 2 is 2.19 bits per heavy atom. The average Bonchev–Trinajstić information content (AvgIpc) is 2.78. The highest BCUT2D eigenvalue weighted by Gasteiger charge is 2.25. The molecular formula is C14H16N2O4S. The van der Waals surface area contributed by atoms with Gasteiger partial charge >= 0.3 is 5.97 Å². The first-order chi connectivity index (χ1) is 9.93. The smallest absolute Gasteiger partial charge is 0.337 e. The number of sulfone groups is 1. The molecule has 7 heteroatoms. The summed E-state index contributed by atoms with van der Waals surface area (Å²) >= 11 is 0. The molecule has 0 amide bonds. The van der Waals surface area contributed by atoms with Gasteiger partial charge in [-0.3, -0.25) is 0 Å². The SMILES string of the molecule is O=C(O)c1ccc2nc(CC3CCCS(=O)(=O)C3)cn2c1. The van der Waals surface area contributed by atoms with Crippen molar-refractivity contribution in [2.45, 2.75) is 19.3 Å². The van der Waals surface area contributed by atoms with E-state index in [2.05, 4.69) is 4.98 Å². The molecule has 1 N–H and O–H groups in total. The Balaban J connectivity index is 1.83. The summed E-state index contributed by atoms with van der Waals surface area (Å²) in [6, 6.07) is 3.17. The molecule has 112 valence electrons. The predicted molar refractivity (Wildman–Crippen MR) is 77.2 cm³/mol. The number of carboxylic acids is 1. The molecule has 6 nitrogen and oxygen atoms in total. The van der Waals surface area contributed by atoms with E-state index in [9.17, 15) is 13.2 Å². The van der Waals surface area contributed by atoms with Crippen LogP contribution in [0.15, 0.2) is 24.5 Å². The molecule has 3 rings (SSSR count). The normalized spacial score (nSPS) is 21.4. The minimum absolute atomic E-state index is 0.104. The fourth-order valence-corrected chi connectivity index (χ4v) is 4.62. The maximum Gasteiger partial charge on any atom is 0.337 e. The molecule has 2 aromatic rings. The number of pyridine rings is 1. The summed E-state index contributed by atoms with van der Waals surface area (Å²) in [5.74, 6) is -0.365. The maximum atomic E-state index is 11.7. The van der Waals surface area contributed by atoms with Crippen molar-refractivity contribution in [1.82, 2.24) is 9.38 Å². The summed E-state index contributed by atoms with van der Waals surface area (Å²) < 4.78 is 25.0. The molecule has 1 saturated heterocycles. The first-order valence-corrected chi connectivity index (χ1v) is 8.66. The van der Waals surface area contributed by atoms with E-state index in [0.29, 0.717) is 18.5 Å². The molecule has 1 unspecified atom stereocenters. The van der Waals surface area contributed by atoms with E-state index in [1.165, 1.54) is 12.3 Å². The maximum absolute atomic E-state index is 11.7. The molecule has 1 atom stereocenters. The highest BCUT2D eigenvalue weighted by molar-refractivity contribution is 7.91. The standard InChI is InChI=1S/C14H16N2O4S/c17-14(18)11-3-4-13-15-12(8-16(13)7-11)6-10-2-1-5-21(19,20)9-10/h3-4,7-8,10H,1-2,5-6,9H2,(H,17,18). The Bertz CT molecular complexity index is 794. The first-order valence-electron chi connectivity index (χ1n) is 6.84. The molecule has 3 heterocycles. The van der Waals surface area contributed by atoms with Crippen molar-refractivity contribution in [2.24, 2.45) is 5.92 Å². The molecule has 0 spiro atoms. The van der Waals surface area contributed by atoms with Gasteiger partial charge in [-0.25, -0.2) is 18.2 Å². The van der Waals surface area contributed by atoms with Gasteiger partial charge in [-0.05, 0) is 37.3 Å². The van der Waals surface area contributed by atoms with Crippen LogP contribution in [0.1, 0.15) is 28.9 Å². The van der Waals surface area contributed by atoms with E-state index < -0.39 is 15.8 Å². The van der Waals surface area contributed by atoms with E-state index in [4.69, 9.17) is 5.11 Å². The van der Waals surface area contributed by atoms with E-state index in [1.807, 2.05) is 0 Å². The van der Waals surface area contributed by atoms with Crippen LogP contribution in [0, 0.1) is 5.92 Å². The van der Waals surface area contributed by atoms with Crippen LogP contribution in [0.2, 0.25) is 0 Å².